The first-order chi connectivity index (χ1) is 7.13. The second kappa shape index (κ2) is 3.38. The van der Waals surface area contributed by atoms with Crippen LogP contribution in [0.15, 0.2) is 30.3 Å². The molecule has 2 N–H and O–H groups in total. The predicted molar refractivity (Wildman–Crippen MR) is 51.4 cm³/mol. The Balaban J connectivity index is 2.25. The van der Waals surface area contributed by atoms with E-state index in [-0.39, 0.29) is 5.92 Å². The van der Waals surface area contributed by atoms with E-state index in [4.69, 9.17) is 10.2 Å². The number of carbonyl (C=O) groups is 2. The van der Waals surface area contributed by atoms with Crippen LogP contribution in [0, 0.1) is 11.8 Å². The number of carboxylic acids is 2. The molecule has 1 aromatic rings. The molecule has 0 saturated heterocycles. The molecule has 2 unspecified atom stereocenters. The SMILES string of the molecule is O=C(O)C1C(C(=O)O)C1c1ccccc1. The summed E-state index contributed by atoms with van der Waals surface area (Å²) in [5.41, 5.74) is 0.789. The first-order valence-corrected chi connectivity index (χ1v) is 4.63. The summed E-state index contributed by atoms with van der Waals surface area (Å²) in [6, 6.07) is 8.92. The van der Waals surface area contributed by atoms with E-state index >= 15 is 0 Å². The molecule has 0 bridgehead atoms. The first-order valence-electron chi connectivity index (χ1n) is 4.63. The van der Waals surface area contributed by atoms with Gasteiger partial charge < -0.3 is 10.2 Å². The van der Waals surface area contributed by atoms with Crippen LogP contribution in [-0.4, -0.2) is 22.2 Å². The van der Waals surface area contributed by atoms with Gasteiger partial charge in [0.1, 0.15) is 0 Å². The molecule has 1 aliphatic carbocycles. The zero-order valence-electron chi connectivity index (χ0n) is 7.83. The molecule has 1 fully saturated rings. The van der Waals surface area contributed by atoms with Crippen molar-refractivity contribution in [3.63, 3.8) is 0 Å². The second-order valence-corrected chi connectivity index (χ2v) is 3.66. The molecule has 0 radical (unpaired) electrons. The van der Waals surface area contributed by atoms with Gasteiger partial charge in [-0.3, -0.25) is 9.59 Å². The molecular weight excluding hydrogens is 196 g/mol. The Morgan fingerprint density at radius 1 is 0.933 bits per heavy atom. The molecule has 0 amide bonds. The van der Waals surface area contributed by atoms with Crippen molar-refractivity contribution in [1.82, 2.24) is 0 Å². The summed E-state index contributed by atoms with van der Waals surface area (Å²) in [6.45, 7) is 0. The summed E-state index contributed by atoms with van der Waals surface area (Å²) in [5.74, 6) is -3.98. The number of benzene rings is 1. The Kier molecular flexibility index (Phi) is 2.19. The molecule has 2 rings (SSSR count). The molecule has 4 nitrogen and oxygen atoms in total. The van der Waals surface area contributed by atoms with Crippen molar-refractivity contribution in [2.45, 2.75) is 5.92 Å². The average Bonchev–Trinajstić information content (AvgIpc) is 2.94. The Bertz CT molecular complexity index is 378. The topological polar surface area (TPSA) is 74.6 Å². The van der Waals surface area contributed by atoms with Gasteiger partial charge in [-0.25, -0.2) is 0 Å². The zero-order valence-corrected chi connectivity index (χ0v) is 7.83. The lowest BCUT2D eigenvalue weighted by Crippen LogP contribution is -2.05. The number of carboxylic acid groups (broad SMARTS) is 2. The van der Waals surface area contributed by atoms with Gasteiger partial charge in [-0.15, -0.1) is 0 Å². The number of hydrogen-bond donors (Lipinski definition) is 2. The fraction of sp³-hybridized carbons (Fsp3) is 0.273. The molecule has 2 atom stereocenters. The largest absolute Gasteiger partial charge is 0.481 e. The van der Waals surface area contributed by atoms with Gasteiger partial charge in [0, 0.05) is 5.92 Å². The maximum atomic E-state index is 10.8. The van der Waals surface area contributed by atoms with Crippen molar-refractivity contribution < 1.29 is 19.8 Å². The van der Waals surface area contributed by atoms with Gasteiger partial charge in [-0.05, 0) is 5.56 Å². The van der Waals surface area contributed by atoms with Crippen molar-refractivity contribution in [3.05, 3.63) is 35.9 Å². The van der Waals surface area contributed by atoms with Crippen molar-refractivity contribution in [1.29, 1.82) is 0 Å². The number of aliphatic carboxylic acids is 2. The van der Waals surface area contributed by atoms with E-state index in [0.29, 0.717) is 0 Å². The first kappa shape index (κ1) is 9.71. The molecule has 0 aliphatic heterocycles. The normalized spacial score (nSPS) is 28.4. The lowest BCUT2D eigenvalue weighted by atomic mass is 10.1. The zero-order chi connectivity index (χ0) is 11.0. The average molecular weight is 206 g/mol. The lowest BCUT2D eigenvalue weighted by Gasteiger charge is -1.96. The van der Waals surface area contributed by atoms with E-state index in [9.17, 15) is 9.59 Å². The van der Waals surface area contributed by atoms with Gasteiger partial charge in [0.15, 0.2) is 0 Å². The molecule has 15 heavy (non-hydrogen) atoms. The van der Waals surface area contributed by atoms with E-state index in [1.165, 1.54) is 0 Å². The summed E-state index contributed by atoms with van der Waals surface area (Å²) in [7, 11) is 0. The Hall–Kier alpha value is -1.84. The highest BCUT2D eigenvalue weighted by Gasteiger charge is 2.60. The minimum atomic E-state index is -1.03. The van der Waals surface area contributed by atoms with E-state index in [1.54, 1.807) is 24.3 Å². The van der Waals surface area contributed by atoms with Gasteiger partial charge in [0.25, 0.3) is 0 Å². The quantitative estimate of drug-likeness (QED) is 0.778. The van der Waals surface area contributed by atoms with Crippen LogP contribution in [-0.2, 0) is 9.59 Å². The minimum Gasteiger partial charge on any atom is -0.481 e. The third-order valence-electron chi connectivity index (χ3n) is 2.77. The molecule has 1 aromatic carbocycles. The van der Waals surface area contributed by atoms with Gasteiger partial charge >= 0.3 is 11.9 Å². The Morgan fingerprint density at radius 3 is 1.80 bits per heavy atom. The third-order valence-corrected chi connectivity index (χ3v) is 2.77. The fourth-order valence-electron chi connectivity index (χ4n) is 2.02. The van der Waals surface area contributed by atoms with Gasteiger partial charge in [0.05, 0.1) is 11.8 Å². The van der Waals surface area contributed by atoms with Crippen molar-refractivity contribution in [2.24, 2.45) is 11.8 Å². The van der Waals surface area contributed by atoms with Crippen LogP contribution in [0.3, 0.4) is 0 Å². The van der Waals surface area contributed by atoms with Gasteiger partial charge in [-0.1, -0.05) is 30.3 Å². The summed E-state index contributed by atoms with van der Waals surface area (Å²) in [4.78, 5) is 21.6. The van der Waals surface area contributed by atoms with Gasteiger partial charge in [-0.2, -0.15) is 0 Å². The van der Waals surface area contributed by atoms with Crippen LogP contribution in [0.5, 0.6) is 0 Å². The Labute approximate surface area is 86.2 Å². The fourth-order valence-corrected chi connectivity index (χ4v) is 2.02. The third kappa shape index (κ3) is 1.58. The minimum absolute atomic E-state index is 0.374. The van der Waals surface area contributed by atoms with Crippen LogP contribution in [0.2, 0.25) is 0 Å². The number of rotatable bonds is 3. The maximum absolute atomic E-state index is 10.8. The standard InChI is InChI=1S/C11H10O4/c12-10(13)8-7(9(8)11(14)15)6-4-2-1-3-5-6/h1-5,7-9H,(H,12,13)(H,14,15). The summed E-state index contributed by atoms with van der Waals surface area (Å²) in [5, 5.41) is 17.7. The molecule has 0 spiro atoms. The highest BCUT2D eigenvalue weighted by atomic mass is 16.4. The van der Waals surface area contributed by atoms with E-state index < -0.39 is 23.8 Å². The summed E-state index contributed by atoms with van der Waals surface area (Å²) >= 11 is 0. The van der Waals surface area contributed by atoms with Crippen LogP contribution in [0.1, 0.15) is 11.5 Å². The maximum Gasteiger partial charge on any atom is 0.308 e. The van der Waals surface area contributed by atoms with Crippen molar-refractivity contribution in [3.8, 4) is 0 Å². The highest BCUT2D eigenvalue weighted by molar-refractivity contribution is 5.88. The lowest BCUT2D eigenvalue weighted by molar-refractivity contribution is -0.144. The van der Waals surface area contributed by atoms with Crippen molar-refractivity contribution in [2.75, 3.05) is 0 Å². The number of hydrogen-bond acceptors (Lipinski definition) is 2. The van der Waals surface area contributed by atoms with Gasteiger partial charge in [0.2, 0.25) is 0 Å². The van der Waals surface area contributed by atoms with Crippen LogP contribution in [0.25, 0.3) is 0 Å². The summed E-state index contributed by atoms with van der Waals surface area (Å²) < 4.78 is 0. The second-order valence-electron chi connectivity index (χ2n) is 3.66. The van der Waals surface area contributed by atoms with E-state index in [2.05, 4.69) is 0 Å². The smallest absolute Gasteiger partial charge is 0.308 e. The van der Waals surface area contributed by atoms with E-state index in [1.807, 2.05) is 6.07 Å². The molecule has 0 aromatic heterocycles. The van der Waals surface area contributed by atoms with Crippen LogP contribution in [0.4, 0.5) is 0 Å². The summed E-state index contributed by atoms with van der Waals surface area (Å²) in [6.07, 6.45) is 0. The van der Waals surface area contributed by atoms with Crippen molar-refractivity contribution >= 4 is 11.9 Å². The molecule has 1 aliphatic rings. The van der Waals surface area contributed by atoms with Crippen LogP contribution < -0.4 is 0 Å². The molecule has 4 heteroatoms. The molecule has 1 saturated carbocycles. The monoisotopic (exact) mass is 206 g/mol. The molecular formula is C11H10O4. The molecule has 78 valence electrons. The van der Waals surface area contributed by atoms with Crippen LogP contribution >= 0.6 is 0 Å². The predicted octanol–water partition coefficient (Wildman–Crippen LogP) is 1.19. The molecule has 0 heterocycles. The highest BCUT2D eigenvalue weighted by Crippen LogP contribution is 2.54. The van der Waals surface area contributed by atoms with E-state index in [0.717, 1.165) is 5.56 Å². The Morgan fingerprint density at radius 2 is 1.40 bits per heavy atom.